The van der Waals surface area contributed by atoms with Gasteiger partial charge in [0.25, 0.3) is 5.91 Å². The maximum atomic E-state index is 16.0. The second kappa shape index (κ2) is 34.4. The summed E-state index contributed by atoms with van der Waals surface area (Å²) in [5.74, 6) is -0.947. The number of nitrogens with zero attached hydrogens (tertiary/aromatic N) is 12. The molecule has 5 N–H and O–H groups in total. The number of esters is 1. The number of likely N-dealkylation sites (tertiary alicyclic amines) is 2. The largest absolute Gasteiger partial charge is 0.468 e. The zero-order valence-corrected chi connectivity index (χ0v) is 54.0. The van der Waals surface area contributed by atoms with Gasteiger partial charge in [-0.25, -0.2) is 19.0 Å². The van der Waals surface area contributed by atoms with Crippen LogP contribution in [0.2, 0.25) is 0 Å². The molecule has 7 heterocycles. The normalized spacial score (nSPS) is 14.8. The molecule has 5 amide bonds. The van der Waals surface area contributed by atoms with E-state index in [2.05, 4.69) is 58.1 Å². The number of hydrogen-bond donors (Lipinski definition) is 4. The molecular weight excluding hydrogens is 1230 g/mol. The van der Waals surface area contributed by atoms with Gasteiger partial charge in [0.15, 0.2) is 11.5 Å². The van der Waals surface area contributed by atoms with Gasteiger partial charge in [-0.3, -0.25) is 38.1 Å². The van der Waals surface area contributed by atoms with Gasteiger partial charge >= 0.3 is 5.97 Å². The van der Waals surface area contributed by atoms with Gasteiger partial charge in [0.05, 0.1) is 121 Å². The molecule has 0 spiro atoms. The van der Waals surface area contributed by atoms with Crippen molar-refractivity contribution in [1.29, 1.82) is 0 Å². The molecule has 0 bridgehead atoms. The molecule has 3 saturated heterocycles. The number of nitrogens with two attached hydrogens (primary N) is 1. The number of primary amides is 1. The first-order valence-electron chi connectivity index (χ1n) is 32.6. The molecule has 7 aromatic rings. The Labute approximate surface area is 549 Å². The van der Waals surface area contributed by atoms with Crippen LogP contribution < -0.4 is 26.6 Å². The van der Waals surface area contributed by atoms with E-state index in [0.717, 1.165) is 55.8 Å². The average molecular weight is 1310 g/mol. The summed E-state index contributed by atoms with van der Waals surface area (Å²) in [6.45, 7) is 7.68. The number of benzene rings is 3. The Morgan fingerprint density at radius 1 is 0.674 bits per heavy atom. The first kappa shape index (κ1) is 68.8. The van der Waals surface area contributed by atoms with Crippen LogP contribution in [0.5, 0.6) is 0 Å². The molecule has 3 aliphatic rings. The monoisotopic (exact) mass is 1310 g/mol. The maximum absolute atomic E-state index is 16.0. The predicted octanol–water partition coefficient (Wildman–Crippen LogP) is 4.91. The van der Waals surface area contributed by atoms with E-state index in [4.69, 9.17) is 39.5 Å². The van der Waals surface area contributed by atoms with Crippen LogP contribution >= 0.6 is 0 Å². The Balaban J connectivity index is 0.541. The number of aromatic nitrogens is 9. The van der Waals surface area contributed by atoms with E-state index in [1.165, 1.54) is 29.8 Å². The van der Waals surface area contributed by atoms with Crippen LogP contribution in [-0.4, -0.2) is 209 Å². The van der Waals surface area contributed by atoms with E-state index >= 15 is 4.39 Å². The highest BCUT2D eigenvalue weighted by molar-refractivity contribution is 6.00. The summed E-state index contributed by atoms with van der Waals surface area (Å²) >= 11 is 0. The molecule has 95 heavy (non-hydrogen) atoms. The summed E-state index contributed by atoms with van der Waals surface area (Å²) < 4.78 is 53.4. The van der Waals surface area contributed by atoms with Crippen molar-refractivity contribution in [1.82, 2.24) is 65.0 Å². The number of rotatable bonds is 34. The number of halogens is 1. The van der Waals surface area contributed by atoms with Crippen molar-refractivity contribution in [2.24, 2.45) is 12.8 Å². The summed E-state index contributed by atoms with van der Waals surface area (Å²) in [4.78, 5) is 91.3. The highest BCUT2D eigenvalue weighted by atomic mass is 19.1. The van der Waals surface area contributed by atoms with Gasteiger partial charge < -0.3 is 64.8 Å². The van der Waals surface area contributed by atoms with Gasteiger partial charge in [0.1, 0.15) is 30.4 Å². The highest BCUT2D eigenvalue weighted by Crippen LogP contribution is 2.40. The minimum absolute atomic E-state index is 0.0272. The maximum Gasteiger partial charge on any atom is 0.327 e. The molecule has 0 radical (unpaired) electrons. The van der Waals surface area contributed by atoms with E-state index in [1.807, 2.05) is 35.2 Å². The zero-order valence-electron chi connectivity index (χ0n) is 54.0. The molecule has 3 aliphatic heterocycles. The molecule has 3 aromatic carbocycles. The molecule has 0 unspecified atom stereocenters. The number of fused-ring (bicyclic) bond motifs is 2. The van der Waals surface area contributed by atoms with Crippen LogP contribution in [0.25, 0.3) is 32.9 Å². The lowest BCUT2D eigenvalue weighted by atomic mass is 9.88. The Bertz CT molecular complexity index is 3730. The standard InChI is InChI=1S/C66H85FN16O12/c1-78-55-38-52(53(67)37-48(55)39-72-78)51-7-6-8-54-62(51)63(76-83(54)43-58(85)70-40-50-42-82(77-75-50)44-61(88)90-2)47-17-25-80(26-18-47)59(86)14-13-57(84)69-20-28-92-30-32-94-34-36-95-35-33-93-31-29-91-27-19-60(87)81-23-15-46(16-24-81)45-9-11-49(12-10-45)73-66-64(65(68)89)71-41-56(74-66)79-21-4-3-5-22-79/h6-12,37-39,41-42,46-47H,3-5,13-36,40,43-44H2,1-2H3,(H2,68,89)(H,69,84)(H,70,85)(H,73,74). The molecular formula is C66H85FN16O12. The summed E-state index contributed by atoms with van der Waals surface area (Å²) in [6.07, 6.45) is 11.4. The fraction of sp³-hybridized carbons (Fsp3) is 0.515. The molecule has 0 aliphatic carbocycles. The van der Waals surface area contributed by atoms with Gasteiger partial charge in [0.2, 0.25) is 23.6 Å². The second-order valence-corrected chi connectivity index (χ2v) is 23.7. The predicted molar refractivity (Wildman–Crippen MR) is 348 cm³/mol. The summed E-state index contributed by atoms with van der Waals surface area (Å²) in [7, 11) is 3.07. The van der Waals surface area contributed by atoms with Crippen LogP contribution in [0, 0.1) is 5.82 Å². The SMILES string of the molecule is COC(=O)Cn1cc(CNC(=O)Cn2nc(C3CCN(C(=O)CCC(=O)NCCOCCOCCOCCOCCOCCC(=O)N4CCC(c5ccc(Nc6nc(N7CCCCC7)cnc6C(N)=O)cc5)CC4)CC3)c3c(-c4cc5c(cnn5C)cc4F)cccc32)nn1. The van der Waals surface area contributed by atoms with E-state index < -0.39 is 17.7 Å². The Morgan fingerprint density at radius 3 is 2.00 bits per heavy atom. The molecule has 29 heteroatoms. The summed E-state index contributed by atoms with van der Waals surface area (Å²) in [6, 6.07) is 16.8. The fourth-order valence-electron chi connectivity index (χ4n) is 12.1. The minimum Gasteiger partial charge on any atom is -0.468 e. The van der Waals surface area contributed by atoms with Crippen molar-refractivity contribution >= 4 is 74.6 Å². The van der Waals surface area contributed by atoms with Crippen molar-refractivity contribution in [2.45, 2.75) is 95.7 Å². The second-order valence-electron chi connectivity index (χ2n) is 23.7. The average Bonchev–Trinajstić information content (AvgIpc) is 1.63. The van der Waals surface area contributed by atoms with Crippen LogP contribution in [0.15, 0.2) is 73.2 Å². The molecule has 10 rings (SSSR count). The van der Waals surface area contributed by atoms with Crippen molar-refractivity contribution in [3.8, 4) is 11.1 Å². The van der Waals surface area contributed by atoms with Crippen LogP contribution in [-0.2, 0) is 79.1 Å². The van der Waals surface area contributed by atoms with E-state index in [9.17, 15) is 28.8 Å². The molecule has 3 fully saturated rings. The van der Waals surface area contributed by atoms with Gasteiger partial charge in [-0.1, -0.05) is 29.5 Å². The third-order valence-electron chi connectivity index (χ3n) is 17.3. The number of anilines is 3. The van der Waals surface area contributed by atoms with Gasteiger partial charge in [-0.05, 0) is 92.3 Å². The number of amides is 5. The van der Waals surface area contributed by atoms with Crippen LogP contribution in [0.4, 0.5) is 21.7 Å². The number of piperidine rings is 3. The minimum atomic E-state index is -0.640. The third-order valence-corrected chi connectivity index (χ3v) is 17.3. The number of hydrogen-bond acceptors (Lipinski definition) is 20. The number of methoxy groups -OCH3 is 1. The molecule has 0 saturated carbocycles. The number of ether oxygens (including phenoxy) is 6. The molecule has 28 nitrogen and oxygen atoms in total. The first-order valence-corrected chi connectivity index (χ1v) is 32.6. The van der Waals surface area contributed by atoms with Crippen molar-refractivity contribution in [2.75, 3.05) is 129 Å². The van der Waals surface area contributed by atoms with Crippen molar-refractivity contribution < 1.29 is 61.6 Å². The van der Waals surface area contributed by atoms with Gasteiger partial charge in [0, 0.05) is 93.6 Å². The van der Waals surface area contributed by atoms with Crippen LogP contribution in [0.3, 0.4) is 0 Å². The Morgan fingerprint density at radius 2 is 1.33 bits per heavy atom. The first-order chi connectivity index (χ1) is 46.3. The summed E-state index contributed by atoms with van der Waals surface area (Å²) in [5, 5.41) is 27.6. The van der Waals surface area contributed by atoms with Gasteiger partial charge in [-0.15, -0.1) is 5.10 Å². The van der Waals surface area contributed by atoms with Gasteiger partial charge in [-0.2, -0.15) is 10.2 Å². The van der Waals surface area contributed by atoms with E-state index in [-0.39, 0.29) is 80.9 Å². The van der Waals surface area contributed by atoms with Crippen LogP contribution in [0.1, 0.15) is 103 Å². The topological polar surface area (TPSA) is 322 Å². The summed E-state index contributed by atoms with van der Waals surface area (Å²) in [5.41, 5.74) is 11.2. The fourth-order valence-corrected chi connectivity index (χ4v) is 12.1. The number of carbonyl (C=O) groups is 6. The Kier molecular flexibility index (Phi) is 24.9. The molecule has 4 aromatic heterocycles. The Hall–Kier alpha value is -9.03. The lowest BCUT2D eigenvalue weighted by Gasteiger charge is -2.32. The quantitative estimate of drug-likeness (QED) is 0.0307. The third kappa shape index (κ3) is 19.1. The van der Waals surface area contributed by atoms with E-state index in [1.54, 1.807) is 46.0 Å². The smallest absolute Gasteiger partial charge is 0.327 e. The number of carbonyl (C=O) groups excluding carboxylic acids is 6. The van der Waals surface area contributed by atoms with E-state index in [0.29, 0.717) is 155 Å². The number of aryl methyl sites for hydroxylation is 1. The number of nitrogens with one attached hydrogen (secondary N) is 3. The lowest BCUT2D eigenvalue weighted by molar-refractivity contribution is -0.141. The van der Waals surface area contributed by atoms with Crippen molar-refractivity contribution in [3.63, 3.8) is 0 Å². The molecule has 508 valence electrons. The molecule has 0 atom stereocenters. The zero-order chi connectivity index (χ0) is 66.5. The highest BCUT2D eigenvalue weighted by Gasteiger charge is 2.31. The van der Waals surface area contributed by atoms with Crippen molar-refractivity contribution in [3.05, 3.63) is 102 Å². The lowest BCUT2D eigenvalue weighted by Crippen LogP contribution is -2.38.